The van der Waals surface area contributed by atoms with Gasteiger partial charge in [-0.15, -0.1) is 0 Å². The number of aliphatic hydroxyl groups is 1. The molecule has 7 heteroatoms. The number of nitrogens with zero attached hydrogens (tertiary/aromatic N) is 2. The van der Waals surface area contributed by atoms with E-state index in [4.69, 9.17) is 0 Å². The minimum Gasteiger partial charge on any atom is -0.507 e. The van der Waals surface area contributed by atoms with E-state index in [1.807, 2.05) is 13.8 Å². The number of aromatic hydroxyl groups is 1. The van der Waals surface area contributed by atoms with Gasteiger partial charge in [0.25, 0.3) is 11.7 Å². The average molecular weight is 455 g/mol. The van der Waals surface area contributed by atoms with Gasteiger partial charge < -0.3 is 20.0 Å². The molecule has 0 radical (unpaired) electrons. The number of carbonyl (C=O) groups excluding carboxylic acids is 2. The van der Waals surface area contributed by atoms with Crippen LogP contribution in [0.3, 0.4) is 0 Å². The molecule has 2 aromatic carbocycles. The van der Waals surface area contributed by atoms with Crippen molar-refractivity contribution in [2.45, 2.75) is 40.2 Å². The summed E-state index contributed by atoms with van der Waals surface area (Å²) in [6, 6.07) is 7.78. The Morgan fingerprint density at radius 3 is 2.27 bits per heavy atom. The number of amides is 1. The average Bonchev–Trinajstić information content (AvgIpc) is 3.04. The van der Waals surface area contributed by atoms with Crippen molar-refractivity contribution in [3.05, 3.63) is 70.0 Å². The molecule has 1 aliphatic rings. The molecule has 1 aliphatic heterocycles. The number of aryl methyl sites for hydroxylation is 2. The van der Waals surface area contributed by atoms with Gasteiger partial charge in [0.05, 0.1) is 17.2 Å². The zero-order valence-electron chi connectivity index (χ0n) is 19.6. The molecule has 0 aliphatic carbocycles. The molecule has 6 nitrogen and oxygen atoms in total. The van der Waals surface area contributed by atoms with Gasteiger partial charge in [0.15, 0.2) is 0 Å². The lowest BCUT2D eigenvalue weighted by Crippen LogP contribution is -2.33. The summed E-state index contributed by atoms with van der Waals surface area (Å²) in [6.07, 6.45) is 0.640. The van der Waals surface area contributed by atoms with Crippen LogP contribution in [0.1, 0.15) is 48.6 Å². The van der Waals surface area contributed by atoms with Crippen LogP contribution in [-0.2, 0) is 9.59 Å². The fourth-order valence-electron chi connectivity index (χ4n) is 4.24. The summed E-state index contributed by atoms with van der Waals surface area (Å²) in [5, 5.41) is 21.6. The highest BCUT2D eigenvalue weighted by Gasteiger charge is 2.46. The Kier molecular flexibility index (Phi) is 7.53. The van der Waals surface area contributed by atoms with Crippen molar-refractivity contribution in [2.24, 2.45) is 0 Å². The van der Waals surface area contributed by atoms with Crippen molar-refractivity contribution in [1.82, 2.24) is 9.80 Å². The minimum atomic E-state index is -0.872. The number of hydrogen-bond donors (Lipinski definition) is 2. The molecular formula is C26H31FN2O4. The quantitative estimate of drug-likeness (QED) is 0.353. The molecule has 2 N–H and O–H groups in total. The molecular weight excluding hydrogens is 423 g/mol. The van der Waals surface area contributed by atoms with Crippen LogP contribution in [0.2, 0.25) is 0 Å². The van der Waals surface area contributed by atoms with E-state index in [0.29, 0.717) is 18.5 Å². The van der Waals surface area contributed by atoms with E-state index >= 15 is 0 Å². The minimum absolute atomic E-state index is 0.0892. The molecule has 176 valence electrons. The maximum atomic E-state index is 13.6. The molecule has 0 saturated carbocycles. The number of likely N-dealkylation sites (tertiary alicyclic amines) is 1. The molecule has 1 saturated heterocycles. The van der Waals surface area contributed by atoms with Crippen LogP contribution in [0.4, 0.5) is 4.39 Å². The highest BCUT2D eigenvalue weighted by Crippen LogP contribution is 2.41. The summed E-state index contributed by atoms with van der Waals surface area (Å²) in [5.41, 5.74) is 2.15. The second-order valence-electron chi connectivity index (χ2n) is 8.38. The summed E-state index contributed by atoms with van der Waals surface area (Å²) in [4.78, 5) is 29.7. The molecule has 0 bridgehead atoms. The van der Waals surface area contributed by atoms with Crippen molar-refractivity contribution >= 4 is 17.4 Å². The predicted molar refractivity (Wildman–Crippen MR) is 125 cm³/mol. The van der Waals surface area contributed by atoms with Gasteiger partial charge in [-0.1, -0.05) is 26.0 Å². The second kappa shape index (κ2) is 10.2. The number of benzene rings is 2. The highest BCUT2D eigenvalue weighted by atomic mass is 19.1. The number of aliphatic hydroxyl groups excluding tert-OH is 1. The van der Waals surface area contributed by atoms with E-state index in [-0.39, 0.29) is 16.9 Å². The Hall–Kier alpha value is -3.19. The molecule has 1 fully saturated rings. The Bertz CT molecular complexity index is 1070. The Morgan fingerprint density at radius 2 is 1.67 bits per heavy atom. The van der Waals surface area contributed by atoms with Gasteiger partial charge in [0.1, 0.15) is 17.3 Å². The smallest absolute Gasteiger partial charge is 0.295 e. The van der Waals surface area contributed by atoms with E-state index < -0.39 is 29.3 Å². The molecule has 0 spiro atoms. The molecule has 3 rings (SSSR count). The van der Waals surface area contributed by atoms with Gasteiger partial charge in [-0.3, -0.25) is 9.59 Å². The van der Waals surface area contributed by atoms with Crippen LogP contribution in [0.15, 0.2) is 42.0 Å². The third-order valence-electron chi connectivity index (χ3n) is 6.36. The normalized spacial score (nSPS) is 17.9. The number of phenolic OH excluding ortho intramolecular Hbond substituents is 1. The van der Waals surface area contributed by atoms with Crippen molar-refractivity contribution in [1.29, 1.82) is 0 Å². The van der Waals surface area contributed by atoms with Gasteiger partial charge in [-0.2, -0.15) is 0 Å². The standard InChI is InChI=1S/C26H31FN2O4/c1-5-28(6-2)12-7-13-29-23(18-8-10-19(27)11-9-18)22(25(32)26(29)33)24(31)20-14-16(3)17(4)15-21(20)30/h8-11,14-15,23,30-31H,5-7,12-13H2,1-4H3. The van der Waals surface area contributed by atoms with Gasteiger partial charge >= 0.3 is 0 Å². The number of rotatable bonds is 8. The Balaban J connectivity index is 2.08. The molecule has 1 amide bonds. The third-order valence-corrected chi connectivity index (χ3v) is 6.36. The first-order valence-corrected chi connectivity index (χ1v) is 11.3. The van der Waals surface area contributed by atoms with Crippen LogP contribution in [0, 0.1) is 19.7 Å². The Morgan fingerprint density at radius 1 is 1.06 bits per heavy atom. The maximum absolute atomic E-state index is 13.6. The van der Waals surface area contributed by atoms with E-state index in [1.54, 1.807) is 6.07 Å². The number of phenols is 1. The van der Waals surface area contributed by atoms with Gasteiger partial charge in [-0.25, -0.2) is 4.39 Å². The lowest BCUT2D eigenvalue weighted by atomic mass is 9.93. The molecule has 1 atom stereocenters. The van der Waals surface area contributed by atoms with E-state index in [0.717, 1.165) is 30.8 Å². The number of ketones is 1. The zero-order chi connectivity index (χ0) is 24.3. The summed E-state index contributed by atoms with van der Waals surface area (Å²) in [7, 11) is 0. The monoisotopic (exact) mass is 454 g/mol. The first-order chi connectivity index (χ1) is 15.7. The van der Waals surface area contributed by atoms with Crippen molar-refractivity contribution < 1.29 is 24.2 Å². The van der Waals surface area contributed by atoms with E-state index in [9.17, 15) is 24.2 Å². The summed E-state index contributed by atoms with van der Waals surface area (Å²) >= 11 is 0. The lowest BCUT2D eigenvalue weighted by molar-refractivity contribution is -0.140. The van der Waals surface area contributed by atoms with Crippen LogP contribution in [0.25, 0.3) is 5.76 Å². The predicted octanol–water partition coefficient (Wildman–Crippen LogP) is 4.30. The van der Waals surface area contributed by atoms with Crippen molar-refractivity contribution in [2.75, 3.05) is 26.2 Å². The molecule has 1 heterocycles. The molecule has 2 aromatic rings. The van der Waals surface area contributed by atoms with E-state index in [2.05, 4.69) is 18.7 Å². The first-order valence-electron chi connectivity index (χ1n) is 11.3. The number of Topliss-reactive ketones (excluding diaryl/α,β-unsaturated/α-hetero) is 1. The molecule has 1 unspecified atom stereocenters. The third kappa shape index (κ3) is 4.93. The van der Waals surface area contributed by atoms with Crippen molar-refractivity contribution in [3.63, 3.8) is 0 Å². The maximum Gasteiger partial charge on any atom is 0.295 e. The second-order valence-corrected chi connectivity index (χ2v) is 8.38. The number of hydrogen-bond acceptors (Lipinski definition) is 5. The largest absolute Gasteiger partial charge is 0.507 e. The summed E-state index contributed by atoms with van der Waals surface area (Å²) in [6.45, 7) is 10.6. The van der Waals surface area contributed by atoms with Crippen LogP contribution < -0.4 is 0 Å². The summed E-state index contributed by atoms with van der Waals surface area (Å²) in [5.74, 6) is -2.59. The fourth-order valence-corrected chi connectivity index (χ4v) is 4.24. The van der Waals surface area contributed by atoms with Gasteiger partial charge in [0.2, 0.25) is 0 Å². The van der Waals surface area contributed by atoms with Crippen LogP contribution in [-0.4, -0.2) is 57.9 Å². The summed E-state index contributed by atoms with van der Waals surface area (Å²) < 4.78 is 13.6. The van der Waals surface area contributed by atoms with Crippen molar-refractivity contribution in [3.8, 4) is 5.75 Å². The molecule has 33 heavy (non-hydrogen) atoms. The number of carbonyl (C=O) groups is 2. The van der Waals surface area contributed by atoms with Crippen LogP contribution in [0.5, 0.6) is 5.75 Å². The topological polar surface area (TPSA) is 81.1 Å². The highest BCUT2D eigenvalue weighted by molar-refractivity contribution is 6.46. The molecule has 0 aromatic heterocycles. The first kappa shape index (κ1) is 24.5. The van der Waals surface area contributed by atoms with Crippen LogP contribution >= 0.6 is 0 Å². The SMILES string of the molecule is CCN(CC)CCCN1C(=O)C(=O)C(=C(O)c2cc(C)c(C)cc2O)C1c1ccc(F)cc1. The zero-order valence-corrected chi connectivity index (χ0v) is 19.6. The number of halogens is 1. The fraction of sp³-hybridized carbons (Fsp3) is 0.385. The van der Waals surface area contributed by atoms with Gasteiger partial charge in [0, 0.05) is 6.54 Å². The van der Waals surface area contributed by atoms with Gasteiger partial charge in [-0.05, 0) is 80.9 Å². The Labute approximate surface area is 193 Å². The lowest BCUT2D eigenvalue weighted by Gasteiger charge is -2.27. The van der Waals surface area contributed by atoms with E-state index in [1.165, 1.54) is 35.2 Å².